The first-order chi connectivity index (χ1) is 13.5. The Labute approximate surface area is 168 Å². The van der Waals surface area contributed by atoms with Gasteiger partial charge in [-0.05, 0) is 57.0 Å². The molecular weight excluding hydrogens is 350 g/mol. The number of rotatable bonds is 8. The van der Waals surface area contributed by atoms with Crippen molar-refractivity contribution >= 4 is 5.69 Å². The van der Waals surface area contributed by atoms with Crippen LogP contribution in [0.3, 0.4) is 0 Å². The highest BCUT2D eigenvalue weighted by atomic mass is 16.6. The molecule has 0 radical (unpaired) electrons. The van der Waals surface area contributed by atoms with Gasteiger partial charge in [0.05, 0.1) is 6.61 Å². The van der Waals surface area contributed by atoms with E-state index in [0.717, 1.165) is 23.5 Å². The highest BCUT2D eigenvalue weighted by Gasteiger charge is 2.45. The van der Waals surface area contributed by atoms with Gasteiger partial charge in [-0.2, -0.15) is 0 Å². The molecule has 0 bridgehead atoms. The third-order valence-corrected chi connectivity index (χ3v) is 5.13. The van der Waals surface area contributed by atoms with Crippen LogP contribution >= 0.6 is 0 Å². The molecule has 0 saturated heterocycles. The molecule has 0 saturated carbocycles. The lowest BCUT2D eigenvalue weighted by atomic mass is 9.88. The summed E-state index contributed by atoms with van der Waals surface area (Å²) in [7, 11) is 0. The zero-order valence-corrected chi connectivity index (χ0v) is 17.3. The lowest BCUT2D eigenvalue weighted by molar-refractivity contribution is -0.155. The normalized spacial score (nSPS) is 20.1. The second-order valence-corrected chi connectivity index (χ2v) is 7.66. The number of benzene rings is 2. The smallest absolute Gasteiger partial charge is 0.132 e. The average Bonchev–Trinajstić information content (AvgIpc) is 2.67. The van der Waals surface area contributed by atoms with Crippen molar-refractivity contribution in [3.8, 4) is 5.75 Å². The lowest BCUT2D eigenvalue weighted by Gasteiger charge is -2.44. The molecule has 0 aromatic heterocycles. The summed E-state index contributed by atoms with van der Waals surface area (Å²) in [6.07, 6.45) is 1.35. The average molecular weight is 382 g/mol. The fraction of sp³-hybridized carbons (Fsp3) is 0.417. The maximum Gasteiger partial charge on any atom is 0.132 e. The van der Waals surface area contributed by atoms with Crippen LogP contribution in [0.15, 0.2) is 55.1 Å². The van der Waals surface area contributed by atoms with Crippen LogP contribution in [-0.2, 0) is 16.0 Å². The summed E-state index contributed by atoms with van der Waals surface area (Å²) in [5.74, 6) is 0.850. The predicted octanol–water partition coefficient (Wildman–Crippen LogP) is 5.43. The van der Waals surface area contributed by atoms with Crippen LogP contribution in [0, 0.1) is 6.92 Å². The fourth-order valence-corrected chi connectivity index (χ4v) is 3.67. The molecule has 150 valence electrons. The molecule has 28 heavy (non-hydrogen) atoms. The summed E-state index contributed by atoms with van der Waals surface area (Å²) in [5.41, 5.74) is 4.13. The molecule has 1 heterocycles. The Morgan fingerprint density at radius 2 is 1.96 bits per heavy atom. The van der Waals surface area contributed by atoms with Gasteiger partial charge in [-0.1, -0.05) is 30.3 Å². The van der Waals surface area contributed by atoms with E-state index in [1.807, 2.05) is 26.8 Å². The third-order valence-electron chi connectivity index (χ3n) is 5.13. The highest BCUT2D eigenvalue weighted by Crippen LogP contribution is 2.44. The Morgan fingerprint density at radius 1 is 1.18 bits per heavy atom. The van der Waals surface area contributed by atoms with E-state index < -0.39 is 5.60 Å². The van der Waals surface area contributed by atoms with Gasteiger partial charge in [-0.25, -0.2) is 0 Å². The van der Waals surface area contributed by atoms with Gasteiger partial charge < -0.3 is 19.5 Å². The Bertz CT molecular complexity index is 815. The van der Waals surface area contributed by atoms with Gasteiger partial charge in [-0.15, -0.1) is 6.58 Å². The third kappa shape index (κ3) is 4.40. The highest BCUT2D eigenvalue weighted by molar-refractivity contribution is 5.54. The van der Waals surface area contributed by atoms with Crippen molar-refractivity contribution in [3.63, 3.8) is 0 Å². The van der Waals surface area contributed by atoms with Gasteiger partial charge in [0, 0.05) is 24.4 Å². The van der Waals surface area contributed by atoms with Crippen LogP contribution in [0.2, 0.25) is 0 Å². The van der Waals surface area contributed by atoms with Crippen LogP contribution in [0.25, 0.3) is 0 Å². The van der Waals surface area contributed by atoms with Gasteiger partial charge in [0.1, 0.15) is 23.6 Å². The maximum atomic E-state index is 6.28. The van der Waals surface area contributed by atoms with Crippen LogP contribution in [-0.4, -0.2) is 24.9 Å². The molecule has 2 atom stereocenters. The monoisotopic (exact) mass is 381 g/mol. The quantitative estimate of drug-likeness (QED) is 0.619. The topological polar surface area (TPSA) is 39.7 Å². The van der Waals surface area contributed by atoms with E-state index in [4.69, 9.17) is 14.2 Å². The van der Waals surface area contributed by atoms with E-state index in [1.165, 1.54) is 11.1 Å². The molecule has 2 aromatic rings. The minimum Gasteiger partial charge on any atom is -0.485 e. The first-order valence-electron chi connectivity index (χ1n) is 9.91. The molecule has 0 aliphatic carbocycles. The number of fused-ring (bicyclic) bond motifs is 1. The number of ether oxygens (including phenoxy) is 3. The van der Waals surface area contributed by atoms with Crippen molar-refractivity contribution in [1.82, 2.24) is 0 Å². The van der Waals surface area contributed by atoms with Crippen molar-refractivity contribution in [2.45, 2.75) is 52.0 Å². The van der Waals surface area contributed by atoms with E-state index >= 15 is 0 Å². The summed E-state index contributed by atoms with van der Waals surface area (Å²) in [4.78, 5) is 0. The molecule has 1 aliphatic heterocycles. The summed E-state index contributed by atoms with van der Waals surface area (Å²) in [6.45, 7) is 13.8. The van der Waals surface area contributed by atoms with Gasteiger partial charge in [0.25, 0.3) is 0 Å². The van der Waals surface area contributed by atoms with Crippen LogP contribution in [0.1, 0.15) is 43.6 Å². The largest absolute Gasteiger partial charge is 0.485 e. The van der Waals surface area contributed by atoms with E-state index in [2.05, 4.69) is 55.2 Å². The first-order valence-corrected chi connectivity index (χ1v) is 9.91. The number of hydrogen-bond donors (Lipinski definition) is 1. The second kappa shape index (κ2) is 8.80. The van der Waals surface area contributed by atoms with E-state index in [-0.39, 0.29) is 12.2 Å². The van der Waals surface area contributed by atoms with E-state index in [0.29, 0.717) is 13.2 Å². The van der Waals surface area contributed by atoms with Crippen LogP contribution in [0.4, 0.5) is 5.69 Å². The van der Waals surface area contributed by atoms with Crippen molar-refractivity contribution in [2.24, 2.45) is 0 Å². The zero-order chi connectivity index (χ0) is 20.1. The van der Waals surface area contributed by atoms with Crippen molar-refractivity contribution < 1.29 is 14.2 Å². The molecule has 2 aromatic carbocycles. The molecular formula is C24H31NO3. The molecule has 3 rings (SSSR count). The summed E-state index contributed by atoms with van der Waals surface area (Å²) < 4.78 is 18.5. The second-order valence-electron chi connectivity index (χ2n) is 7.66. The van der Waals surface area contributed by atoms with Gasteiger partial charge in [-0.3, -0.25) is 0 Å². The Balaban J connectivity index is 1.86. The summed E-state index contributed by atoms with van der Waals surface area (Å²) in [5, 5.41) is 3.53. The first kappa shape index (κ1) is 20.4. The Kier molecular flexibility index (Phi) is 6.42. The minimum absolute atomic E-state index is 0.191. The molecule has 4 heteroatoms. The van der Waals surface area contributed by atoms with Gasteiger partial charge >= 0.3 is 0 Å². The van der Waals surface area contributed by atoms with E-state index in [1.54, 1.807) is 6.08 Å². The van der Waals surface area contributed by atoms with Crippen molar-refractivity contribution in [2.75, 3.05) is 18.5 Å². The molecule has 4 nitrogen and oxygen atoms in total. The van der Waals surface area contributed by atoms with Crippen molar-refractivity contribution in [3.05, 3.63) is 71.8 Å². The SMILES string of the molecule is C=CCOC1C(OCC)c2cc(NCc3ccccc3C)ccc2OC1(C)C. The molecule has 1 aliphatic rings. The zero-order valence-electron chi connectivity index (χ0n) is 17.3. The Hall–Kier alpha value is -2.30. The lowest BCUT2D eigenvalue weighted by Crippen LogP contribution is -2.51. The van der Waals surface area contributed by atoms with Crippen molar-refractivity contribution in [1.29, 1.82) is 0 Å². The Morgan fingerprint density at radius 3 is 2.68 bits per heavy atom. The van der Waals surface area contributed by atoms with Gasteiger partial charge in [0.15, 0.2) is 0 Å². The van der Waals surface area contributed by atoms with Crippen LogP contribution in [0.5, 0.6) is 5.75 Å². The molecule has 2 unspecified atom stereocenters. The number of anilines is 1. The van der Waals surface area contributed by atoms with E-state index in [9.17, 15) is 0 Å². The molecule has 0 amide bonds. The predicted molar refractivity (Wildman–Crippen MR) is 114 cm³/mol. The molecule has 1 N–H and O–H groups in total. The van der Waals surface area contributed by atoms with Crippen LogP contribution < -0.4 is 10.1 Å². The summed E-state index contributed by atoms with van der Waals surface area (Å²) in [6, 6.07) is 14.6. The molecule has 0 fully saturated rings. The van der Waals surface area contributed by atoms with Gasteiger partial charge in [0.2, 0.25) is 0 Å². The number of aryl methyl sites for hydroxylation is 1. The maximum absolute atomic E-state index is 6.28. The fourth-order valence-electron chi connectivity index (χ4n) is 3.67. The number of nitrogens with one attached hydrogen (secondary N) is 1. The molecule has 0 spiro atoms. The minimum atomic E-state index is -0.494. The number of hydrogen-bond acceptors (Lipinski definition) is 4. The summed E-state index contributed by atoms with van der Waals surface area (Å²) >= 11 is 0. The standard InChI is InChI=1S/C24H31NO3/c1-6-14-27-23-22(26-7-2)20-15-19(12-13-21(20)28-24(23,4)5)25-16-18-11-9-8-10-17(18)3/h6,8-13,15,22-23,25H,1,7,14,16H2,2-5H3.